The van der Waals surface area contributed by atoms with Crippen molar-refractivity contribution in [1.29, 1.82) is 0 Å². The fourth-order valence-electron chi connectivity index (χ4n) is 2.48. The summed E-state index contributed by atoms with van der Waals surface area (Å²) >= 11 is 3.37. The van der Waals surface area contributed by atoms with Gasteiger partial charge in [-0.3, -0.25) is 4.79 Å². The predicted octanol–water partition coefficient (Wildman–Crippen LogP) is 1.91. The Morgan fingerprint density at radius 3 is 2.65 bits per heavy atom. The lowest BCUT2D eigenvalue weighted by atomic mass is 9.91. The van der Waals surface area contributed by atoms with Gasteiger partial charge in [0.25, 0.3) is 5.91 Å². The number of aromatic nitrogens is 1. The fraction of sp³-hybridized carbons (Fsp3) is 0.571. The molecule has 0 spiro atoms. The Bertz CT molecular complexity index is 484. The van der Waals surface area contributed by atoms with Gasteiger partial charge in [-0.2, -0.15) is 0 Å². The Morgan fingerprint density at radius 2 is 2.05 bits per heavy atom. The summed E-state index contributed by atoms with van der Waals surface area (Å²) in [6.45, 7) is 0. The minimum Gasteiger partial charge on any atom is -0.362 e. The van der Waals surface area contributed by atoms with Crippen LogP contribution in [-0.2, 0) is 0 Å². The molecule has 1 heterocycles. The van der Waals surface area contributed by atoms with Crippen molar-refractivity contribution < 1.29 is 4.79 Å². The molecule has 3 N–H and O–H groups in total. The van der Waals surface area contributed by atoms with Crippen molar-refractivity contribution in [2.45, 2.75) is 37.8 Å². The Morgan fingerprint density at radius 1 is 1.40 bits per heavy atom. The maximum Gasteiger partial charge on any atom is 0.255 e. The van der Waals surface area contributed by atoms with Gasteiger partial charge in [0, 0.05) is 36.8 Å². The second-order valence-corrected chi connectivity index (χ2v) is 6.42. The molecule has 110 valence electrons. The largest absolute Gasteiger partial charge is 0.362 e. The molecule has 1 fully saturated rings. The van der Waals surface area contributed by atoms with E-state index in [1.807, 2.05) is 25.1 Å². The highest BCUT2D eigenvalue weighted by Gasteiger charge is 2.22. The summed E-state index contributed by atoms with van der Waals surface area (Å²) in [5, 5.41) is 3.10. The minimum atomic E-state index is -0.0667. The number of amides is 1. The molecule has 2 rings (SSSR count). The highest BCUT2D eigenvalue weighted by molar-refractivity contribution is 9.10. The molecule has 1 aliphatic rings. The van der Waals surface area contributed by atoms with Gasteiger partial charge in [0.2, 0.25) is 0 Å². The van der Waals surface area contributed by atoms with E-state index in [1.54, 1.807) is 6.20 Å². The first kappa shape index (κ1) is 15.3. The molecule has 6 heteroatoms. The number of halogens is 1. The fourth-order valence-corrected chi connectivity index (χ4v) is 2.81. The average Bonchev–Trinajstić information content (AvgIpc) is 2.41. The lowest BCUT2D eigenvalue weighted by Crippen LogP contribution is -2.40. The van der Waals surface area contributed by atoms with Crippen LogP contribution in [0.5, 0.6) is 0 Å². The summed E-state index contributed by atoms with van der Waals surface area (Å²) in [4.78, 5) is 18.6. The molecule has 1 aliphatic carbocycles. The van der Waals surface area contributed by atoms with Crippen molar-refractivity contribution in [1.82, 2.24) is 10.3 Å². The van der Waals surface area contributed by atoms with Crippen molar-refractivity contribution in [3.63, 3.8) is 0 Å². The zero-order chi connectivity index (χ0) is 14.7. The zero-order valence-electron chi connectivity index (χ0n) is 11.9. The zero-order valence-corrected chi connectivity index (χ0v) is 13.5. The van der Waals surface area contributed by atoms with E-state index in [4.69, 9.17) is 5.73 Å². The van der Waals surface area contributed by atoms with Crippen molar-refractivity contribution in [3.8, 4) is 0 Å². The summed E-state index contributed by atoms with van der Waals surface area (Å²) in [5.41, 5.74) is 6.48. The van der Waals surface area contributed by atoms with E-state index < -0.39 is 0 Å². The molecule has 0 aliphatic heterocycles. The third kappa shape index (κ3) is 3.70. The summed E-state index contributed by atoms with van der Waals surface area (Å²) < 4.78 is 0.805. The van der Waals surface area contributed by atoms with E-state index in [1.165, 1.54) is 0 Å². The predicted molar refractivity (Wildman–Crippen MR) is 84.0 cm³/mol. The van der Waals surface area contributed by atoms with Crippen molar-refractivity contribution in [3.05, 3.63) is 22.3 Å². The van der Waals surface area contributed by atoms with Gasteiger partial charge in [0.05, 0.1) is 5.56 Å². The van der Waals surface area contributed by atoms with E-state index >= 15 is 0 Å². The van der Waals surface area contributed by atoms with Gasteiger partial charge in [-0.1, -0.05) is 0 Å². The topological polar surface area (TPSA) is 71.2 Å². The molecule has 0 bridgehead atoms. The maximum absolute atomic E-state index is 12.4. The normalized spacial score (nSPS) is 22.4. The Labute approximate surface area is 128 Å². The molecular formula is C14H21BrN4O. The number of rotatable bonds is 3. The van der Waals surface area contributed by atoms with Crippen molar-refractivity contribution in [2.24, 2.45) is 5.73 Å². The quantitative estimate of drug-likeness (QED) is 0.881. The number of pyridine rings is 1. The van der Waals surface area contributed by atoms with Crippen LogP contribution in [0.15, 0.2) is 16.7 Å². The number of anilines is 1. The number of hydrogen-bond acceptors (Lipinski definition) is 4. The van der Waals surface area contributed by atoms with E-state index in [9.17, 15) is 4.79 Å². The van der Waals surface area contributed by atoms with Crippen molar-refractivity contribution >= 4 is 27.7 Å². The molecule has 1 aromatic rings. The van der Waals surface area contributed by atoms with Crippen LogP contribution in [0, 0.1) is 0 Å². The van der Waals surface area contributed by atoms with Crippen LogP contribution in [-0.4, -0.2) is 37.1 Å². The van der Waals surface area contributed by atoms with Gasteiger partial charge in [0.1, 0.15) is 5.82 Å². The van der Waals surface area contributed by atoms with Crippen LogP contribution >= 0.6 is 15.9 Å². The van der Waals surface area contributed by atoms with E-state index in [-0.39, 0.29) is 18.0 Å². The first-order valence-corrected chi connectivity index (χ1v) is 7.66. The molecule has 1 aromatic heterocycles. The summed E-state index contributed by atoms with van der Waals surface area (Å²) in [6.07, 6.45) is 5.55. The van der Waals surface area contributed by atoms with Crippen LogP contribution in [0.3, 0.4) is 0 Å². The van der Waals surface area contributed by atoms with Gasteiger partial charge in [0.15, 0.2) is 0 Å². The number of carbonyl (C=O) groups excluding carboxylic acids is 1. The van der Waals surface area contributed by atoms with Crippen molar-refractivity contribution in [2.75, 3.05) is 19.0 Å². The lowest BCUT2D eigenvalue weighted by molar-refractivity contribution is 0.0926. The van der Waals surface area contributed by atoms with Gasteiger partial charge >= 0.3 is 0 Å². The third-order valence-corrected chi connectivity index (χ3v) is 4.04. The van der Waals surface area contributed by atoms with Gasteiger partial charge < -0.3 is 16.0 Å². The minimum absolute atomic E-state index is 0.0667. The second-order valence-electron chi connectivity index (χ2n) is 5.50. The Hall–Kier alpha value is -1.14. The van der Waals surface area contributed by atoms with Gasteiger partial charge in [-0.05, 0) is 47.7 Å². The van der Waals surface area contributed by atoms with Crippen LogP contribution in [0.4, 0.5) is 5.82 Å². The molecule has 1 amide bonds. The van der Waals surface area contributed by atoms with Crippen LogP contribution in [0.1, 0.15) is 36.0 Å². The van der Waals surface area contributed by atoms with Crippen LogP contribution in [0.2, 0.25) is 0 Å². The van der Waals surface area contributed by atoms with E-state index in [2.05, 4.69) is 26.2 Å². The number of nitrogens with zero attached hydrogens (tertiary/aromatic N) is 2. The molecule has 0 unspecified atom stereocenters. The Kier molecular flexibility index (Phi) is 4.99. The molecular weight excluding hydrogens is 320 g/mol. The average molecular weight is 341 g/mol. The second kappa shape index (κ2) is 6.54. The van der Waals surface area contributed by atoms with Gasteiger partial charge in [-0.15, -0.1) is 0 Å². The summed E-state index contributed by atoms with van der Waals surface area (Å²) in [5.74, 6) is 0.612. The molecule has 0 atom stereocenters. The first-order valence-electron chi connectivity index (χ1n) is 6.86. The number of nitrogens with one attached hydrogen (secondary N) is 1. The number of hydrogen-bond donors (Lipinski definition) is 2. The number of nitrogens with two attached hydrogens (primary N) is 1. The number of carbonyl (C=O) groups is 1. The van der Waals surface area contributed by atoms with Crippen LogP contribution < -0.4 is 16.0 Å². The molecule has 0 saturated heterocycles. The molecule has 0 aromatic carbocycles. The van der Waals surface area contributed by atoms with E-state index in [0.717, 1.165) is 30.2 Å². The monoisotopic (exact) mass is 340 g/mol. The lowest BCUT2D eigenvalue weighted by Gasteiger charge is -2.27. The molecule has 1 saturated carbocycles. The summed E-state index contributed by atoms with van der Waals surface area (Å²) in [6, 6.07) is 2.32. The third-order valence-electron chi connectivity index (χ3n) is 3.61. The van der Waals surface area contributed by atoms with Crippen LogP contribution in [0.25, 0.3) is 0 Å². The SMILES string of the molecule is CN(C)c1ncc(Br)cc1C(=O)NC1CCC(N)CC1. The Balaban J connectivity index is 2.10. The highest BCUT2D eigenvalue weighted by Crippen LogP contribution is 2.22. The summed E-state index contributed by atoms with van der Waals surface area (Å²) in [7, 11) is 3.76. The molecule has 20 heavy (non-hydrogen) atoms. The first-order chi connectivity index (χ1) is 9.47. The molecule has 0 radical (unpaired) electrons. The van der Waals surface area contributed by atoms with E-state index in [0.29, 0.717) is 11.4 Å². The van der Waals surface area contributed by atoms with Gasteiger partial charge in [-0.25, -0.2) is 4.98 Å². The smallest absolute Gasteiger partial charge is 0.255 e. The maximum atomic E-state index is 12.4. The molecule has 5 nitrogen and oxygen atoms in total. The standard InChI is InChI=1S/C14H21BrN4O/c1-19(2)13-12(7-9(15)8-17-13)14(20)18-11-5-3-10(16)4-6-11/h7-8,10-11H,3-6,16H2,1-2H3,(H,18,20). The highest BCUT2D eigenvalue weighted by atomic mass is 79.9.